The van der Waals surface area contributed by atoms with E-state index >= 15 is 0 Å². The summed E-state index contributed by atoms with van der Waals surface area (Å²) in [5.41, 5.74) is 4.96. The molecule has 0 spiro atoms. The van der Waals surface area contributed by atoms with Crippen LogP contribution in [0.1, 0.15) is 13.8 Å². The third-order valence-corrected chi connectivity index (χ3v) is 5.41. The first-order chi connectivity index (χ1) is 14.2. The van der Waals surface area contributed by atoms with Crippen molar-refractivity contribution in [1.29, 1.82) is 0 Å². The molecule has 5 rings (SSSR count). The van der Waals surface area contributed by atoms with Crippen molar-refractivity contribution < 1.29 is 4.42 Å². The molecule has 5 heteroatoms. The number of benzene rings is 3. The van der Waals surface area contributed by atoms with E-state index in [0.29, 0.717) is 17.1 Å². The van der Waals surface area contributed by atoms with Gasteiger partial charge in [-0.15, -0.1) is 0 Å². The zero-order valence-corrected chi connectivity index (χ0v) is 16.4. The van der Waals surface area contributed by atoms with Gasteiger partial charge in [0.15, 0.2) is 5.43 Å². The molecule has 1 aliphatic heterocycles. The normalized spacial score (nSPS) is 11.5. The zero-order chi connectivity index (χ0) is 20.0. The minimum absolute atomic E-state index is 0.112. The van der Waals surface area contributed by atoms with E-state index in [-0.39, 0.29) is 5.43 Å². The van der Waals surface area contributed by atoms with E-state index < -0.39 is 0 Å². The number of nitrogens with one attached hydrogen (secondary N) is 1. The molecule has 0 bridgehead atoms. The molecule has 0 amide bonds. The van der Waals surface area contributed by atoms with Crippen molar-refractivity contribution in [3.63, 3.8) is 0 Å². The first kappa shape index (κ1) is 17.5. The lowest BCUT2D eigenvalue weighted by molar-refractivity contribution is 0.618. The van der Waals surface area contributed by atoms with Gasteiger partial charge in [0.1, 0.15) is 17.2 Å². The third kappa shape index (κ3) is 2.95. The molecule has 2 aromatic carbocycles. The molecule has 2 aliphatic rings. The summed E-state index contributed by atoms with van der Waals surface area (Å²) in [7, 11) is 0. The summed E-state index contributed by atoms with van der Waals surface area (Å²) < 4.78 is 6.10. The Kier molecular flexibility index (Phi) is 4.09. The van der Waals surface area contributed by atoms with Crippen LogP contribution in [-0.2, 0) is 0 Å². The minimum atomic E-state index is -0.112. The summed E-state index contributed by atoms with van der Waals surface area (Å²) in [5, 5.41) is 1.00. The van der Waals surface area contributed by atoms with Crippen molar-refractivity contribution in [1.82, 2.24) is 9.97 Å². The Hall–Kier alpha value is -3.60. The van der Waals surface area contributed by atoms with Crippen LogP contribution in [0.4, 0.5) is 5.69 Å². The van der Waals surface area contributed by atoms with E-state index in [9.17, 15) is 4.79 Å². The van der Waals surface area contributed by atoms with Gasteiger partial charge in [-0.1, -0.05) is 12.1 Å². The van der Waals surface area contributed by atoms with Crippen LogP contribution in [-0.4, -0.2) is 23.1 Å². The highest BCUT2D eigenvalue weighted by Crippen LogP contribution is 2.32. The Morgan fingerprint density at radius 2 is 1.83 bits per heavy atom. The minimum Gasteiger partial charge on any atom is -0.456 e. The van der Waals surface area contributed by atoms with Crippen LogP contribution < -0.4 is 10.3 Å². The highest BCUT2D eigenvalue weighted by Gasteiger charge is 2.16. The van der Waals surface area contributed by atoms with Gasteiger partial charge >= 0.3 is 0 Å². The van der Waals surface area contributed by atoms with Gasteiger partial charge in [-0.05, 0) is 50.2 Å². The number of fused-ring (bicyclic) bond motifs is 3. The summed E-state index contributed by atoms with van der Waals surface area (Å²) in [6, 6.07) is 19.5. The third-order valence-electron chi connectivity index (χ3n) is 5.41. The van der Waals surface area contributed by atoms with Crippen molar-refractivity contribution in [3.8, 4) is 22.7 Å². The molecule has 0 saturated carbocycles. The van der Waals surface area contributed by atoms with Crippen LogP contribution in [0.3, 0.4) is 0 Å². The van der Waals surface area contributed by atoms with Crippen molar-refractivity contribution in [3.05, 3.63) is 70.9 Å². The number of rotatable bonds is 4. The molecule has 0 unspecified atom stereocenters. The van der Waals surface area contributed by atoms with E-state index in [2.05, 4.69) is 46.9 Å². The van der Waals surface area contributed by atoms with Crippen LogP contribution in [0.5, 0.6) is 0 Å². The fourth-order valence-electron chi connectivity index (χ4n) is 3.85. The van der Waals surface area contributed by atoms with Gasteiger partial charge in [0.25, 0.3) is 0 Å². The number of aromatic amines is 1. The van der Waals surface area contributed by atoms with E-state index in [0.717, 1.165) is 46.3 Å². The molecular formula is C24H21N3O2. The number of H-pyrrole nitrogens is 1. The van der Waals surface area contributed by atoms with Gasteiger partial charge in [0.2, 0.25) is 0 Å². The van der Waals surface area contributed by atoms with Gasteiger partial charge in [-0.25, -0.2) is 4.98 Å². The second-order valence-electron chi connectivity index (χ2n) is 7.13. The largest absolute Gasteiger partial charge is 0.456 e. The second-order valence-corrected chi connectivity index (χ2v) is 7.13. The van der Waals surface area contributed by atoms with Crippen molar-refractivity contribution >= 4 is 27.7 Å². The predicted octanol–water partition coefficient (Wildman–Crippen LogP) is 5.29. The molecule has 29 heavy (non-hydrogen) atoms. The van der Waals surface area contributed by atoms with Crippen molar-refractivity contribution in [2.45, 2.75) is 13.8 Å². The van der Waals surface area contributed by atoms with Gasteiger partial charge in [-0.2, -0.15) is 0 Å². The average Bonchev–Trinajstić information content (AvgIpc) is 3.16. The number of anilines is 1. The molecule has 0 fully saturated rings. The molecule has 0 atom stereocenters. The number of aromatic nitrogens is 2. The molecule has 5 nitrogen and oxygen atoms in total. The van der Waals surface area contributed by atoms with Crippen molar-refractivity contribution in [2.75, 3.05) is 18.0 Å². The lowest BCUT2D eigenvalue weighted by Crippen LogP contribution is -2.21. The molecular weight excluding hydrogens is 362 g/mol. The number of hydrogen-bond acceptors (Lipinski definition) is 4. The Morgan fingerprint density at radius 1 is 1.00 bits per heavy atom. The summed E-state index contributed by atoms with van der Waals surface area (Å²) in [5.74, 6) is 1.16. The van der Waals surface area contributed by atoms with Crippen LogP contribution in [0.2, 0.25) is 0 Å². The van der Waals surface area contributed by atoms with Crippen LogP contribution in [0, 0.1) is 0 Å². The second kappa shape index (κ2) is 6.78. The summed E-state index contributed by atoms with van der Waals surface area (Å²) >= 11 is 0. The molecule has 0 radical (unpaired) electrons. The van der Waals surface area contributed by atoms with E-state index in [1.54, 1.807) is 6.07 Å². The Balaban J connectivity index is 1.66. The Labute approximate surface area is 168 Å². The number of para-hydroxylation sites is 2. The van der Waals surface area contributed by atoms with Gasteiger partial charge in [-0.3, -0.25) is 4.79 Å². The fourth-order valence-corrected chi connectivity index (χ4v) is 3.85. The summed E-state index contributed by atoms with van der Waals surface area (Å²) in [6.07, 6.45) is 0. The SMILES string of the molecule is CCN(CC)c1ccc2cc3cc(-c4nc5ccccc5[nH]4)c(=O)cc-3oc2c1. The lowest BCUT2D eigenvalue weighted by atomic mass is 10.0. The van der Waals surface area contributed by atoms with E-state index in [1.807, 2.05) is 36.4 Å². The van der Waals surface area contributed by atoms with Crippen LogP contribution >= 0.6 is 0 Å². The Bertz CT molecular complexity index is 1330. The predicted molar refractivity (Wildman–Crippen MR) is 118 cm³/mol. The molecule has 1 aliphatic carbocycles. The number of hydrogen-bond donors (Lipinski definition) is 1. The highest BCUT2D eigenvalue weighted by atomic mass is 16.3. The molecule has 2 heterocycles. The number of nitrogens with zero attached hydrogens (tertiary/aromatic N) is 2. The first-order valence-electron chi connectivity index (χ1n) is 9.88. The van der Waals surface area contributed by atoms with Gasteiger partial charge in [0.05, 0.1) is 16.6 Å². The quantitative estimate of drug-likeness (QED) is 0.429. The van der Waals surface area contributed by atoms with Gasteiger partial charge in [0, 0.05) is 41.9 Å². The van der Waals surface area contributed by atoms with Crippen molar-refractivity contribution in [2.24, 2.45) is 0 Å². The lowest BCUT2D eigenvalue weighted by Gasteiger charge is -2.21. The van der Waals surface area contributed by atoms with E-state index in [4.69, 9.17) is 4.42 Å². The molecule has 1 aromatic heterocycles. The zero-order valence-electron chi connectivity index (χ0n) is 16.4. The monoisotopic (exact) mass is 383 g/mol. The maximum atomic E-state index is 12.8. The maximum Gasteiger partial charge on any atom is 0.193 e. The average molecular weight is 383 g/mol. The van der Waals surface area contributed by atoms with Crippen LogP contribution in [0.25, 0.3) is 44.7 Å². The first-order valence-corrected chi connectivity index (χ1v) is 9.88. The smallest absolute Gasteiger partial charge is 0.193 e. The summed E-state index contributed by atoms with van der Waals surface area (Å²) in [6.45, 7) is 6.13. The molecule has 3 aromatic rings. The van der Waals surface area contributed by atoms with Crippen LogP contribution in [0.15, 0.2) is 69.9 Å². The maximum absolute atomic E-state index is 12.8. The molecule has 0 saturated heterocycles. The Morgan fingerprint density at radius 3 is 2.62 bits per heavy atom. The highest BCUT2D eigenvalue weighted by molar-refractivity contribution is 5.87. The summed E-state index contributed by atoms with van der Waals surface area (Å²) in [4.78, 5) is 22.9. The molecule has 1 N–H and O–H groups in total. The number of imidazole rings is 1. The van der Waals surface area contributed by atoms with Gasteiger partial charge < -0.3 is 14.3 Å². The fraction of sp³-hybridized carbons (Fsp3) is 0.167. The van der Waals surface area contributed by atoms with E-state index in [1.165, 1.54) is 0 Å². The standard InChI is InChI=1S/C24H21N3O2/c1-3-27(4-2)17-10-9-15-11-16-12-18(21(28)14-23(16)29-22(15)13-17)24-25-19-7-5-6-8-20(19)26-24/h5-14H,3-4H2,1-2H3,(H,25,26). The topological polar surface area (TPSA) is 62.1 Å². The molecule has 144 valence electrons.